The van der Waals surface area contributed by atoms with E-state index in [0.29, 0.717) is 4.68 Å². The van der Waals surface area contributed by atoms with E-state index in [-0.39, 0.29) is 17.1 Å². The fourth-order valence-electron chi connectivity index (χ4n) is 2.22. The number of benzene rings is 1. The smallest absolute Gasteiger partial charge is 0.353 e. The second kappa shape index (κ2) is 8.43. The molecule has 1 amide bonds. The van der Waals surface area contributed by atoms with Gasteiger partial charge in [-0.25, -0.2) is 4.68 Å². The van der Waals surface area contributed by atoms with Gasteiger partial charge in [0.15, 0.2) is 0 Å². The predicted octanol–water partition coefficient (Wildman–Crippen LogP) is 2.63. The number of carbonyl (C=O) groups excluding carboxylic acids is 1. The average Bonchev–Trinajstić information content (AvgIpc) is 2.94. The minimum atomic E-state index is -4.70. The van der Waals surface area contributed by atoms with Crippen LogP contribution in [-0.2, 0) is 17.4 Å². The van der Waals surface area contributed by atoms with Gasteiger partial charge in [-0.1, -0.05) is 42.1 Å². The molecule has 0 aliphatic heterocycles. The summed E-state index contributed by atoms with van der Waals surface area (Å²) in [4.78, 5) is 12.2. The number of aromatic nitrogens is 3. The first-order valence-corrected chi connectivity index (χ1v) is 8.85. The fraction of sp³-hybridized carbons (Fsp3) is 0.438. The molecule has 1 aromatic carbocycles. The molecule has 0 aliphatic carbocycles. The summed E-state index contributed by atoms with van der Waals surface area (Å²) in [6.45, 7) is 3.46. The molecular weight excluding hydrogens is 367 g/mol. The van der Waals surface area contributed by atoms with Gasteiger partial charge in [0, 0.05) is 6.04 Å². The molecule has 0 aliphatic rings. The van der Waals surface area contributed by atoms with E-state index in [1.54, 1.807) is 6.92 Å². The molecule has 6 nitrogen and oxygen atoms in total. The van der Waals surface area contributed by atoms with Crippen molar-refractivity contribution in [3.05, 3.63) is 41.7 Å². The van der Waals surface area contributed by atoms with Crippen LogP contribution < -0.4 is 11.2 Å². The molecule has 0 unspecified atom stereocenters. The molecule has 26 heavy (non-hydrogen) atoms. The van der Waals surface area contributed by atoms with Crippen LogP contribution in [0.4, 0.5) is 13.2 Å². The molecule has 2 atom stereocenters. The van der Waals surface area contributed by atoms with Crippen LogP contribution in [0.15, 0.2) is 35.5 Å². The lowest BCUT2D eigenvalue weighted by atomic mass is 10.1. The highest BCUT2D eigenvalue weighted by molar-refractivity contribution is 8.00. The van der Waals surface area contributed by atoms with Crippen LogP contribution in [0, 0.1) is 0 Å². The lowest BCUT2D eigenvalue weighted by Gasteiger charge is -2.17. The number of aryl methyl sites for hydroxylation is 1. The van der Waals surface area contributed by atoms with Gasteiger partial charge in [0.25, 0.3) is 5.82 Å². The van der Waals surface area contributed by atoms with Crippen molar-refractivity contribution in [1.82, 2.24) is 20.2 Å². The minimum absolute atomic E-state index is 0.0766. The molecule has 0 radical (unpaired) electrons. The van der Waals surface area contributed by atoms with Gasteiger partial charge in [-0.3, -0.25) is 4.79 Å². The summed E-state index contributed by atoms with van der Waals surface area (Å²) in [6.07, 6.45) is -3.13. The summed E-state index contributed by atoms with van der Waals surface area (Å²) in [6, 6.07) is 9.80. The number of hydrogen-bond acceptors (Lipinski definition) is 5. The van der Waals surface area contributed by atoms with Crippen molar-refractivity contribution >= 4 is 17.7 Å². The van der Waals surface area contributed by atoms with Crippen LogP contribution in [0.2, 0.25) is 0 Å². The molecule has 0 saturated heterocycles. The molecule has 0 fully saturated rings. The van der Waals surface area contributed by atoms with E-state index in [9.17, 15) is 18.0 Å². The van der Waals surface area contributed by atoms with Gasteiger partial charge >= 0.3 is 6.18 Å². The number of rotatable bonds is 7. The zero-order valence-corrected chi connectivity index (χ0v) is 15.1. The standard InChI is InChI=1S/C16H20F3N5OS/c1-10(8-9-12-6-4-3-5-7-12)21-13(25)11(2)26-15-23-22-14(24(15)20)16(17,18)19/h3-7,10-11H,8-9,20H2,1-2H3,(H,21,25)/t10-,11-/m0/s1. The van der Waals surface area contributed by atoms with Crippen molar-refractivity contribution < 1.29 is 18.0 Å². The summed E-state index contributed by atoms with van der Waals surface area (Å²) in [5.41, 5.74) is 1.17. The molecule has 0 saturated carbocycles. The van der Waals surface area contributed by atoms with Gasteiger partial charge in [-0.2, -0.15) is 13.2 Å². The monoisotopic (exact) mass is 387 g/mol. The van der Waals surface area contributed by atoms with Gasteiger partial charge in [0.05, 0.1) is 5.25 Å². The number of hydrogen-bond donors (Lipinski definition) is 2. The second-order valence-electron chi connectivity index (χ2n) is 5.87. The van der Waals surface area contributed by atoms with E-state index in [1.807, 2.05) is 37.3 Å². The van der Waals surface area contributed by atoms with Crippen molar-refractivity contribution in [2.75, 3.05) is 5.84 Å². The highest BCUT2D eigenvalue weighted by atomic mass is 32.2. The number of nitrogens with one attached hydrogen (secondary N) is 1. The number of alkyl halides is 3. The number of amides is 1. The second-order valence-corrected chi connectivity index (χ2v) is 7.18. The Morgan fingerprint density at radius 1 is 1.27 bits per heavy atom. The molecule has 0 spiro atoms. The molecule has 0 bridgehead atoms. The summed E-state index contributed by atoms with van der Waals surface area (Å²) < 4.78 is 38.3. The van der Waals surface area contributed by atoms with Crippen molar-refractivity contribution in [3.63, 3.8) is 0 Å². The van der Waals surface area contributed by atoms with Gasteiger partial charge < -0.3 is 11.2 Å². The first-order valence-electron chi connectivity index (χ1n) is 7.97. The number of nitrogen functional groups attached to an aromatic ring is 1. The zero-order chi connectivity index (χ0) is 19.3. The van der Waals surface area contributed by atoms with Crippen LogP contribution in [-0.4, -0.2) is 32.1 Å². The quantitative estimate of drug-likeness (QED) is 0.563. The Labute approximate surface area is 153 Å². The average molecular weight is 387 g/mol. The topological polar surface area (TPSA) is 85.8 Å². The SMILES string of the molecule is C[C@H](Sc1nnc(C(F)(F)F)n1N)C(=O)N[C@@H](C)CCc1ccccc1. The fourth-order valence-corrected chi connectivity index (χ4v) is 3.00. The van der Waals surface area contributed by atoms with Gasteiger partial charge in [0.1, 0.15) is 0 Å². The molecule has 142 valence electrons. The first-order chi connectivity index (χ1) is 12.2. The number of carbonyl (C=O) groups is 1. The van der Waals surface area contributed by atoms with Gasteiger partial charge in [0.2, 0.25) is 11.1 Å². The maximum absolute atomic E-state index is 12.7. The van der Waals surface area contributed by atoms with Gasteiger partial charge in [-0.05, 0) is 32.3 Å². The van der Waals surface area contributed by atoms with Crippen LogP contribution in [0.25, 0.3) is 0 Å². The molecular formula is C16H20F3N5OS. The number of nitrogens with two attached hydrogens (primary N) is 1. The minimum Gasteiger partial charge on any atom is -0.353 e. The van der Waals surface area contributed by atoms with Crippen molar-refractivity contribution in [2.24, 2.45) is 0 Å². The van der Waals surface area contributed by atoms with E-state index in [0.717, 1.165) is 24.6 Å². The lowest BCUT2D eigenvalue weighted by molar-refractivity contribution is -0.146. The molecule has 2 rings (SSSR count). The number of thioether (sulfide) groups is 1. The molecule has 3 N–H and O–H groups in total. The first kappa shape index (κ1) is 20.1. The summed E-state index contributed by atoms with van der Waals surface area (Å²) in [7, 11) is 0. The van der Waals surface area contributed by atoms with E-state index < -0.39 is 17.3 Å². The third kappa shape index (κ3) is 5.38. The van der Waals surface area contributed by atoms with Crippen LogP contribution in [0.1, 0.15) is 31.7 Å². The van der Waals surface area contributed by atoms with E-state index in [2.05, 4.69) is 15.5 Å². The van der Waals surface area contributed by atoms with E-state index in [1.165, 1.54) is 5.56 Å². The summed E-state index contributed by atoms with van der Waals surface area (Å²) in [5, 5.41) is 8.46. The van der Waals surface area contributed by atoms with Crippen LogP contribution in [0.5, 0.6) is 0 Å². The van der Waals surface area contributed by atoms with Crippen molar-refractivity contribution in [3.8, 4) is 0 Å². The largest absolute Gasteiger partial charge is 0.453 e. The zero-order valence-electron chi connectivity index (χ0n) is 14.3. The van der Waals surface area contributed by atoms with Crippen LogP contribution >= 0.6 is 11.8 Å². The highest BCUT2D eigenvalue weighted by Gasteiger charge is 2.38. The summed E-state index contributed by atoms with van der Waals surface area (Å²) >= 11 is 0.824. The Morgan fingerprint density at radius 3 is 2.50 bits per heavy atom. The number of halogens is 3. The van der Waals surface area contributed by atoms with E-state index in [4.69, 9.17) is 5.84 Å². The Balaban J connectivity index is 1.86. The molecule has 2 aromatic rings. The van der Waals surface area contributed by atoms with E-state index >= 15 is 0 Å². The number of nitrogens with zero attached hydrogens (tertiary/aromatic N) is 3. The molecule has 1 aromatic heterocycles. The Morgan fingerprint density at radius 2 is 1.92 bits per heavy atom. The maximum Gasteiger partial charge on any atom is 0.453 e. The molecule has 10 heteroatoms. The third-order valence-electron chi connectivity index (χ3n) is 3.67. The Bertz CT molecular complexity index is 735. The van der Waals surface area contributed by atoms with Crippen molar-refractivity contribution in [2.45, 2.75) is 49.3 Å². The normalized spacial score (nSPS) is 14.0. The lowest BCUT2D eigenvalue weighted by Crippen LogP contribution is -2.38. The highest BCUT2D eigenvalue weighted by Crippen LogP contribution is 2.30. The molecule has 1 heterocycles. The third-order valence-corrected chi connectivity index (χ3v) is 4.72. The van der Waals surface area contributed by atoms with Gasteiger partial charge in [-0.15, -0.1) is 10.2 Å². The summed E-state index contributed by atoms with van der Waals surface area (Å²) in [5.74, 6) is 3.77. The van der Waals surface area contributed by atoms with Crippen LogP contribution in [0.3, 0.4) is 0 Å². The Kier molecular flexibility index (Phi) is 6.52. The predicted molar refractivity (Wildman–Crippen MR) is 92.9 cm³/mol. The maximum atomic E-state index is 12.7. The Hall–Kier alpha value is -2.23. The van der Waals surface area contributed by atoms with Crippen molar-refractivity contribution in [1.29, 1.82) is 0 Å².